The zero-order valence-corrected chi connectivity index (χ0v) is 13.9. The molecule has 0 saturated carbocycles. The Hall–Kier alpha value is -3.17. The van der Waals surface area contributed by atoms with Crippen molar-refractivity contribution in [1.29, 1.82) is 0 Å². The van der Waals surface area contributed by atoms with Gasteiger partial charge in [0.25, 0.3) is 0 Å². The largest absolute Gasteiger partial charge is 0.432 e. The van der Waals surface area contributed by atoms with Crippen LogP contribution < -0.4 is 4.74 Å². The minimum atomic E-state index is -4.76. The molecule has 0 aromatic heterocycles. The molecule has 3 aromatic rings. The molecule has 0 unspecified atom stereocenters. The number of rotatable bonds is 4. The average molecular weight is 422 g/mol. The van der Waals surface area contributed by atoms with Crippen LogP contribution in [-0.4, -0.2) is 0 Å². The number of ether oxygens (including phenoxy) is 1. The first-order chi connectivity index (χ1) is 13.5. The summed E-state index contributed by atoms with van der Waals surface area (Å²) in [5.74, 6) is -12.3. The summed E-state index contributed by atoms with van der Waals surface area (Å²) in [6.07, 6.45) is -4.76. The highest BCUT2D eigenvalue weighted by molar-refractivity contribution is 5.66. The molecule has 0 spiro atoms. The number of hydrogen-bond acceptors (Lipinski definition) is 1. The van der Waals surface area contributed by atoms with Crippen LogP contribution >= 0.6 is 0 Å². The highest BCUT2D eigenvalue weighted by atomic mass is 19.3. The molecule has 0 atom stereocenters. The fraction of sp³-hybridized carbons (Fsp3) is 0.0526. The second-order valence-electron chi connectivity index (χ2n) is 5.75. The molecule has 0 bridgehead atoms. The minimum Gasteiger partial charge on any atom is -0.429 e. The van der Waals surface area contributed by atoms with Crippen molar-refractivity contribution in [3.63, 3.8) is 0 Å². The summed E-state index contributed by atoms with van der Waals surface area (Å²) in [7, 11) is 0. The fourth-order valence-corrected chi connectivity index (χ4v) is 2.56. The first-order valence-electron chi connectivity index (χ1n) is 7.66. The highest BCUT2D eigenvalue weighted by Crippen LogP contribution is 2.37. The molecule has 10 heteroatoms. The molecule has 29 heavy (non-hydrogen) atoms. The summed E-state index contributed by atoms with van der Waals surface area (Å²) in [6, 6.07) is 2.39. The van der Waals surface area contributed by atoms with Crippen LogP contribution in [0.25, 0.3) is 11.1 Å². The van der Waals surface area contributed by atoms with Crippen molar-refractivity contribution in [2.75, 3.05) is 0 Å². The van der Waals surface area contributed by atoms with E-state index in [9.17, 15) is 39.5 Å². The van der Waals surface area contributed by atoms with E-state index < -0.39 is 69.3 Å². The van der Waals surface area contributed by atoms with Crippen LogP contribution in [0.5, 0.6) is 5.75 Å². The minimum absolute atomic E-state index is 0.0248. The van der Waals surface area contributed by atoms with Gasteiger partial charge in [0.2, 0.25) is 0 Å². The predicted octanol–water partition coefficient (Wildman–Crippen LogP) is 6.46. The van der Waals surface area contributed by atoms with Crippen molar-refractivity contribution >= 4 is 0 Å². The maximum absolute atomic E-state index is 14.2. The smallest absolute Gasteiger partial charge is 0.429 e. The van der Waals surface area contributed by atoms with Crippen LogP contribution in [-0.2, 0) is 6.11 Å². The number of hydrogen-bond donors (Lipinski definition) is 0. The third-order valence-electron chi connectivity index (χ3n) is 3.77. The van der Waals surface area contributed by atoms with Gasteiger partial charge in [-0.1, -0.05) is 6.07 Å². The lowest BCUT2D eigenvalue weighted by Gasteiger charge is -2.20. The molecular weight excluding hydrogens is 415 g/mol. The van der Waals surface area contributed by atoms with E-state index in [0.29, 0.717) is 12.1 Å². The van der Waals surface area contributed by atoms with Crippen LogP contribution in [0.4, 0.5) is 39.5 Å². The van der Waals surface area contributed by atoms with E-state index in [0.717, 1.165) is 6.07 Å². The zero-order chi connectivity index (χ0) is 21.5. The first kappa shape index (κ1) is 20.6. The van der Waals surface area contributed by atoms with Gasteiger partial charge in [0.05, 0.1) is 5.56 Å². The molecule has 3 rings (SSSR count). The molecule has 1 nitrogen and oxygen atoms in total. The third kappa shape index (κ3) is 4.01. The van der Waals surface area contributed by atoms with E-state index in [1.54, 1.807) is 0 Å². The van der Waals surface area contributed by atoms with Crippen molar-refractivity contribution in [3.05, 3.63) is 88.7 Å². The Bertz CT molecular complexity index is 1050. The van der Waals surface area contributed by atoms with Crippen molar-refractivity contribution in [2.24, 2.45) is 0 Å². The molecule has 0 heterocycles. The average Bonchev–Trinajstić information content (AvgIpc) is 2.55. The molecule has 0 N–H and O–H groups in total. The second kappa shape index (κ2) is 7.34. The zero-order valence-electron chi connectivity index (χ0n) is 13.9. The van der Waals surface area contributed by atoms with Gasteiger partial charge in [-0.2, -0.15) is 8.78 Å². The Morgan fingerprint density at radius 2 is 1.14 bits per heavy atom. The Balaban J connectivity index is 2.00. The van der Waals surface area contributed by atoms with Crippen molar-refractivity contribution in [2.45, 2.75) is 6.11 Å². The number of alkyl halides is 2. The molecule has 152 valence electrons. The molecule has 0 amide bonds. The van der Waals surface area contributed by atoms with Gasteiger partial charge >= 0.3 is 6.11 Å². The SMILES string of the molecule is Fc1cc(F)c(C(F)(F)Oc2cc(F)c(-c3ccc(F)c(F)c3)c(F)c2)c(F)c1. The third-order valence-corrected chi connectivity index (χ3v) is 3.77. The molecule has 0 fully saturated rings. The van der Waals surface area contributed by atoms with E-state index >= 15 is 0 Å². The van der Waals surface area contributed by atoms with Crippen LogP contribution in [0.15, 0.2) is 42.5 Å². The van der Waals surface area contributed by atoms with Crippen LogP contribution in [0, 0.1) is 40.7 Å². The van der Waals surface area contributed by atoms with Gasteiger partial charge in [0, 0.05) is 24.3 Å². The van der Waals surface area contributed by atoms with E-state index in [1.807, 2.05) is 0 Å². The van der Waals surface area contributed by atoms with Gasteiger partial charge in [0.1, 0.15) is 40.4 Å². The molecule has 0 aliphatic carbocycles. The van der Waals surface area contributed by atoms with E-state index in [2.05, 4.69) is 4.74 Å². The second-order valence-corrected chi connectivity index (χ2v) is 5.75. The summed E-state index contributed by atoms with van der Waals surface area (Å²) in [5.41, 5.74) is -3.28. The number of benzene rings is 3. The van der Waals surface area contributed by atoms with Gasteiger partial charge < -0.3 is 4.74 Å². The van der Waals surface area contributed by atoms with E-state index in [1.165, 1.54) is 0 Å². The van der Waals surface area contributed by atoms with Gasteiger partial charge in [-0.3, -0.25) is 0 Å². The van der Waals surface area contributed by atoms with Crippen LogP contribution in [0.2, 0.25) is 0 Å². The summed E-state index contributed by atoms with van der Waals surface area (Å²) >= 11 is 0. The lowest BCUT2D eigenvalue weighted by atomic mass is 10.0. The highest BCUT2D eigenvalue weighted by Gasteiger charge is 2.41. The van der Waals surface area contributed by atoms with Gasteiger partial charge in [-0.05, 0) is 17.7 Å². The molecule has 0 saturated heterocycles. The Labute approximate surface area is 157 Å². The van der Waals surface area contributed by atoms with Crippen LogP contribution in [0.3, 0.4) is 0 Å². The standard InChI is InChI=1S/C19H7F9O/c20-9-4-15(25)18(16(26)5-9)19(27,28)29-10-6-13(23)17(14(24)7-10)8-1-2-11(21)12(22)3-8/h1-7H. The Kier molecular flexibility index (Phi) is 5.20. The summed E-state index contributed by atoms with van der Waals surface area (Å²) in [6.45, 7) is 0. The molecule has 0 radical (unpaired) electrons. The van der Waals surface area contributed by atoms with Crippen LogP contribution in [0.1, 0.15) is 5.56 Å². The van der Waals surface area contributed by atoms with Gasteiger partial charge in [0.15, 0.2) is 11.6 Å². The Morgan fingerprint density at radius 1 is 0.586 bits per heavy atom. The fourth-order valence-electron chi connectivity index (χ4n) is 2.56. The molecule has 0 aliphatic heterocycles. The monoisotopic (exact) mass is 422 g/mol. The maximum Gasteiger partial charge on any atom is 0.432 e. The van der Waals surface area contributed by atoms with Crippen molar-refractivity contribution in [3.8, 4) is 16.9 Å². The molecule has 3 aromatic carbocycles. The van der Waals surface area contributed by atoms with Crippen molar-refractivity contribution < 1.29 is 44.3 Å². The lowest BCUT2D eigenvalue weighted by molar-refractivity contribution is -0.189. The summed E-state index contributed by atoms with van der Waals surface area (Å²) in [4.78, 5) is 0. The lowest BCUT2D eigenvalue weighted by Crippen LogP contribution is -2.25. The van der Waals surface area contributed by atoms with Crippen molar-refractivity contribution in [1.82, 2.24) is 0 Å². The first-order valence-corrected chi connectivity index (χ1v) is 7.66. The van der Waals surface area contributed by atoms with E-state index in [4.69, 9.17) is 0 Å². The number of halogens is 9. The molecule has 0 aliphatic rings. The topological polar surface area (TPSA) is 9.23 Å². The molecular formula is C19H7F9O. The van der Waals surface area contributed by atoms with Gasteiger partial charge in [-0.25, -0.2) is 30.7 Å². The quantitative estimate of drug-likeness (QED) is 0.439. The summed E-state index contributed by atoms with van der Waals surface area (Å²) < 4.78 is 127. The predicted molar refractivity (Wildman–Crippen MR) is 82.5 cm³/mol. The Morgan fingerprint density at radius 3 is 1.66 bits per heavy atom. The summed E-state index contributed by atoms with van der Waals surface area (Å²) in [5, 5.41) is 0. The normalized spacial score (nSPS) is 11.6. The van der Waals surface area contributed by atoms with Gasteiger partial charge in [-0.15, -0.1) is 0 Å². The maximum atomic E-state index is 14.2. The van der Waals surface area contributed by atoms with E-state index in [-0.39, 0.29) is 24.3 Å².